The molecule has 0 aromatic heterocycles. The van der Waals surface area contributed by atoms with Gasteiger partial charge >= 0.3 is 0 Å². The lowest BCUT2D eigenvalue weighted by atomic mass is 10.0. The Morgan fingerprint density at radius 2 is 1.55 bits per heavy atom. The normalized spacial score (nSPS) is 13.9. The molecule has 2 N–H and O–H groups in total. The zero-order valence-electron chi connectivity index (χ0n) is 12.2. The number of aliphatic hydroxyl groups excluding tert-OH is 1. The van der Waals surface area contributed by atoms with E-state index in [1.165, 1.54) is 12.1 Å². The summed E-state index contributed by atoms with van der Waals surface area (Å²) in [5.74, 6) is -1.95. The summed E-state index contributed by atoms with van der Waals surface area (Å²) in [5, 5.41) is 13.0. The monoisotopic (exact) mass is 309 g/mol. The fourth-order valence-corrected chi connectivity index (χ4v) is 2.42. The smallest absolute Gasteiger partial charge is 0.131 e. The SMILES string of the molecule is CC[C@@H](NCC(O)c1c(F)cccc1F)c1ccccc1F. The number of hydrogen-bond donors (Lipinski definition) is 2. The largest absolute Gasteiger partial charge is 0.387 e. The van der Waals surface area contributed by atoms with Crippen molar-refractivity contribution in [2.45, 2.75) is 25.5 Å². The Balaban J connectivity index is 2.09. The van der Waals surface area contributed by atoms with Crippen molar-refractivity contribution in [3.63, 3.8) is 0 Å². The van der Waals surface area contributed by atoms with Crippen molar-refractivity contribution in [1.82, 2.24) is 5.32 Å². The topological polar surface area (TPSA) is 32.3 Å². The molecule has 0 saturated carbocycles. The van der Waals surface area contributed by atoms with Gasteiger partial charge in [-0.15, -0.1) is 0 Å². The van der Waals surface area contributed by atoms with E-state index in [-0.39, 0.29) is 24.0 Å². The van der Waals surface area contributed by atoms with E-state index < -0.39 is 17.7 Å². The van der Waals surface area contributed by atoms with E-state index in [0.29, 0.717) is 12.0 Å². The Labute approximate surface area is 127 Å². The van der Waals surface area contributed by atoms with E-state index in [9.17, 15) is 18.3 Å². The van der Waals surface area contributed by atoms with E-state index in [2.05, 4.69) is 5.32 Å². The highest BCUT2D eigenvalue weighted by atomic mass is 19.1. The third-order valence-corrected chi connectivity index (χ3v) is 3.58. The summed E-state index contributed by atoms with van der Waals surface area (Å²) < 4.78 is 41.0. The van der Waals surface area contributed by atoms with E-state index in [0.717, 1.165) is 12.1 Å². The van der Waals surface area contributed by atoms with Crippen molar-refractivity contribution in [2.75, 3.05) is 6.54 Å². The summed E-state index contributed by atoms with van der Waals surface area (Å²) >= 11 is 0. The quantitative estimate of drug-likeness (QED) is 0.849. The maximum Gasteiger partial charge on any atom is 0.131 e. The van der Waals surface area contributed by atoms with Crippen molar-refractivity contribution >= 4 is 0 Å². The number of nitrogens with one attached hydrogen (secondary N) is 1. The van der Waals surface area contributed by atoms with Crippen molar-refractivity contribution in [2.24, 2.45) is 0 Å². The van der Waals surface area contributed by atoms with Crippen molar-refractivity contribution in [3.8, 4) is 0 Å². The third kappa shape index (κ3) is 3.67. The number of halogens is 3. The summed E-state index contributed by atoms with van der Waals surface area (Å²) in [6.45, 7) is 1.78. The van der Waals surface area contributed by atoms with Crippen LogP contribution in [0.25, 0.3) is 0 Å². The molecule has 2 aromatic rings. The molecule has 2 aromatic carbocycles. The number of rotatable bonds is 6. The molecule has 22 heavy (non-hydrogen) atoms. The molecule has 5 heteroatoms. The standard InChI is InChI=1S/C17H18F3NO/c1-2-15(11-6-3-4-7-12(11)18)21-10-16(22)17-13(19)8-5-9-14(17)20/h3-9,15-16,21-22H,2,10H2,1H3/t15-,16?/m1/s1. The molecule has 0 amide bonds. The molecule has 0 radical (unpaired) electrons. The lowest BCUT2D eigenvalue weighted by Crippen LogP contribution is -2.27. The van der Waals surface area contributed by atoms with Crippen LogP contribution in [-0.2, 0) is 0 Å². The maximum absolute atomic E-state index is 13.8. The number of hydrogen-bond acceptors (Lipinski definition) is 2. The Bertz CT molecular complexity index is 613. The van der Waals surface area contributed by atoms with Gasteiger partial charge < -0.3 is 10.4 Å². The molecule has 1 unspecified atom stereocenters. The van der Waals surface area contributed by atoms with Crippen LogP contribution in [0.4, 0.5) is 13.2 Å². The van der Waals surface area contributed by atoms with Crippen LogP contribution in [0.15, 0.2) is 42.5 Å². The van der Waals surface area contributed by atoms with Crippen LogP contribution in [0.2, 0.25) is 0 Å². The molecule has 2 atom stereocenters. The molecule has 0 heterocycles. The minimum absolute atomic E-state index is 0.0787. The van der Waals surface area contributed by atoms with E-state index in [4.69, 9.17) is 0 Å². The van der Waals surface area contributed by atoms with Gasteiger partial charge in [-0.1, -0.05) is 31.2 Å². The minimum atomic E-state index is -1.35. The molecule has 118 valence electrons. The first kappa shape index (κ1) is 16.5. The Morgan fingerprint density at radius 3 is 2.14 bits per heavy atom. The predicted octanol–water partition coefficient (Wildman–Crippen LogP) is 3.88. The fourth-order valence-electron chi connectivity index (χ4n) is 2.42. The van der Waals surface area contributed by atoms with Crippen LogP contribution in [0.1, 0.15) is 36.6 Å². The van der Waals surface area contributed by atoms with Crippen LogP contribution in [0.3, 0.4) is 0 Å². The molecule has 2 rings (SSSR count). The van der Waals surface area contributed by atoms with Crippen molar-refractivity contribution in [3.05, 3.63) is 71.0 Å². The van der Waals surface area contributed by atoms with Gasteiger partial charge in [0.1, 0.15) is 17.5 Å². The molecule has 0 aliphatic heterocycles. The second-order valence-corrected chi connectivity index (χ2v) is 5.04. The average Bonchev–Trinajstić information content (AvgIpc) is 2.49. The first-order valence-electron chi connectivity index (χ1n) is 7.14. The first-order valence-corrected chi connectivity index (χ1v) is 7.14. The summed E-state index contributed by atoms with van der Waals surface area (Å²) in [7, 11) is 0. The first-order chi connectivity index (χ1) is 10.5. The molecule has 0 fully saturated rings. The zero-order valence-corrected chi connectivity index (χ0v) is 12.2. The Kier molecular flexibility index (Phi) is 5.57. The van der Waals surface area contributed by atoms with Crippen LogP contribution >= 0.6 is 0 Å². The lowest BCUT2D eigenvalue weighted by Gasteiger charge is -2.21. The van der Waals surface area contributed by atoms with Crippen molar-refractivity contribution in [1.29, 1.82) is 0 Å². The molecule has 0 spiro atoms. The van der Waals surface area contributed by atoms with Crippen molar-refractivity contribution < 1.29 is 18.3 Å². The fraction of sp³-hybridized carbons (Fsp3) is 0.294. The summed E-state index contributed by atoms with van der Waals surface area (Å²) in [6.07, 6.45) is -0.769. The van der Waals surface area contributed by atoms with Gasteiger partial charge in [0.25, 0.3) is 0 Å². The molecule has 0 aliphatic rings. The third-order valence-electron chi connectivity index (χ3n) is 3.58. The van der Waals surface area contributed by atoms with Gasteiger partial charge in [-0.3, -0.25) is 0 Å². The van der Waals surface area contributed by atoms with E-state index >= 15 is 0 Å². The average molecular weight is 309 g/mol. The van der Waals surface area contributed by atoms with Gasteiger partial charge in [-0.2, -0.15) is 0 Å². The minimum Gasteiger partial charge on any atom is -0.387 e. The van der Waals surface area contributed by atoms with Crippen LogP contribution < -0.4 is 5.32 Å². The van der Waals surface area contributed by atoms with E-state index in [1.54, 1.807) is 18.2 Å². The Morgan fingerprint density at radius 1 is 0.955 bits per heavy atom. The molecular weight excluding hydrogens is 291 g/mol. The maximum atomic E-state index is 13.8. The van der Waals surface area contributed by atoms with E-state index in [1.807, 2.05) is 6.92 Å². The summed E-state index contributed by atoms with van der Waals surface area (Å²) in [6, 6.07) is 9.39. The van der Waals surface area contributed by atoms with Gasteiger partial charge in [0.15, 0.2) is 0 Å². The van der Waals surface area contributed by atoms with Gasteiger partial charge in [0, 0.05) is 18.2 Å². The van der Waals surface area contributed by atoms with Gasteiger partial charge in [0.2, 0.25) is 0 Å². The second kappa shape index (κ2) is 7.42. The lowest BCUT2D eigenvalue weighted by molar-refractivity contribution is 0.159. The molecule has 0 bridgehead atoms. The molecule has 0 saturated heterocycles. The van der Waals surface area contributed by atoms with Gasteiger partial charge in [-0.25, -0.2) is 13.2 Å². The summed E-state index contributed by atoms with van der Waals surface area (Å²) in [5.41, 5.74) is 0.0876. The highest BCUT2D eigenvalue weighted by Crippen LogP contribution is 2.23. The highest BCUT2D eigenvalue weighted by molar-refractivity contribution is 5.23. The second-order valence-electron chi connectivity index (χ2n) is 5.04. The van der Waals surface area contributed by atoms with Gasteiger partial charge in [0.05, 0.1) is 11.7 Å². The molecular formula is C17H18F3NO. The molecule has 0 aliphatic carbocycles. The molecule has 2 nitrogen and oxygen atoms in total. The van der Waals surface area contributed by atoms with Crippen LogP contribution in [0.5, 0.6) is 0 Å². The van der Waals surface area contributed by atoms with Crippen LogP contribution in [0, 0.1) is 17.5 Å². The summed E-state index contributed by atoms with van der Waals surface area (Å²) in [4.78, 5) is 0. The number of benzene rings is 2. The predicted molar refractivity (Wildman–Crippen MR) is 78.8 cm³/mol. The Hall–Kier alpha value is -1.85. The highest BCUT2D eigenvalue weighted by Gasteiger charge is 2.20. The van der Waals surface area contributed by atoms with Gasteiger partial charge in [-0.05, 0) is 24.6 Å². The number of aliphatic hydroxyl groups is 1. The zero-order chi connectivity index (χ0) is 16.1. The van der Waals surface area contributed by atoms with Crippen LogP contribution in [-0.4, -0.2) is 11.7 Å².